The number of carbonyl (C=O) groups is 1. The van der Waals surface area contributed by atoms with Crippen LogP contribution in [0, 0.1) is 0 Å². The van der Waals surface area contributed by atoms with Gasteiger partial charge in [-0.1, -0.05) is 0 Å². The number of morpholine rings is 1. The van der Waals surface area contributed by atoms with Crippen LogP contribution in [0.15, 0.2) is 30.5 Å². The molecule has 0 unspecified atom stereocenters. The Hall–Kier alpha value is -2.14. The van der Waals surface area contributed by atoms with Gasteiger partial charge in [0.25, 0.3) is 0 Å². The Morgan fingerprint density at radius 1 is 1.39 bits per heavy atom. The third-order valence-corrected chi connectivity index (χ3v) is 4.44. The summed E-state index contributed by atoms with van der Waals surface area (Å²) in [5.41, 5.74) is 2.44. The lowest BCUT2D eigenvalue weighted by molar-refractivity contribution is 0.0284. The van der Waals surface area contributed by atoms with Crippen molar-refractivity contribution in [2.45, 2.75) is 32.9 Å². The molecule has 1 aromatic heterocycles. The molecule has 1 aliphatic rings. The fourth-order valence-electron chi connectivity index (χ4n) is 3.00. The van der Waals surface area contributed by atoms with Crippen LogP contribution in [0.5, 0.6) is 0 Å². The summed E-state index contributed by atoms with van der Waals surface area (Å²) in [6.45, 7) is 7.96. The van der Waals surface area contributed by atoms with Crippen LogP contribution in [0.25, 0.3) is 10.9 Å². The largest absolute Gasteiger partial charge is 0.462 e. The van der Waals surface area contributed by atoms with Crippen LogP contribution in [-0.2, 0) is 9.47 Å². The molecule has 2 aromatic rings. The summed E-state index contributed by atoms with van der Waals surface area (Å²) >= 11 is 0. The van der Waals surface area contributed by atoms with E-state index >= 15 is 0 Å². The zero-order chi connectivity index (χ0) is 16.4. The van der Waals surface area contributed by atoms with Crippen LogP contribution in [0.2, 0.25) is 0 Å². The predicted octanol–water partition coefficient (Wildman–Crippen LogP) is 3.03. The maximum Gasteiger partial charge on any atom is 0.338 e. The van der Waals surface area contributed by atoms with E-state index in [4.69, 9.17) is 9.47 Å². The highest BCUT2D eigenvalue weighted by molar-refractivity contribution is 6.04. The lowest BCUT2D eigenvalue weighted by atomic mass is 10.1. The number of anilines is 1. The van der Waals surface area contributed by atoms with Gasteiger partial charge in [0.2, 0.25) is 0 Å². The van der Waals surface area contributed by atoms with E-state index in [1.165, 1.54) is 0 Å². The smallest absolute Gasteiger partial charge is 0.338 e. The molecule has 0 bridgehead atoms. The van der Waals surface area contributed by atoms with Crippen LogP contribution < -0.4 is 4.90 Å². The van der Waals surface area contributed by atoms with Crippen molar-refractivity contribution in [2.24, 2.45) is 0 Å². The summed E-state index contributed by atoms with van der Waals surface area (Å²) in [7, 11) is 0. The number of ether oxygens (including phenoxy) is 2. The zero-order valence-corrected chi connectivity index (χ0v) is 13.8. The van der Waals surface area contributed by atoms with Crippen molar-refractivity contribution in [1.29, 1.82) is 0 Å². The Balaban J connectivity index is 2.03. The molecule has 5 heteroatoms. The number of nitrogens with zero attached hydrogens (tertiary/aromatic N) is 2. The van der Waals surface area contributed by atoms with E-state index in [1.807, 2.05) is 19.1 Å². The van der Waals surface area contributed by atoms with Gasteiger partial charge in [0.15, 0.2) is 0 Å². The normalized spacial score (nSPS) is 21.4. The molecule has 0 radical (unpaired) electrons. The molecule has 0 saturated carbocycles. The van der Waals surface area contributed by atoms with E-state index in [1.54, 1.807) is 12.3 Å². The van der Waals surface area contributed by atoms with E-state index in [0.29, 0.717) is 18.8 Å². The molecule has 0 spiro atoms. The van der Waals surface area contributed by atoms with Gasteiger partial charge in [-0.2, -0.15) is 0 Å². The second-order valence-electron chi connectivity index (χ2n) is 5.79. The predicted molar refractivity (Wildman–Crippen MR) is 89.9 cm³/mol. The standard InChI is InChI=1S/C18H22N2O3/c1-4-22-18(21)15-7-8-19-17-6-5-14(11-16(15)17)20-9-10-23-13(3)12(20)2/h5-8,11-13H,4,9-10H2,1-3H3/t12-,13-/m0/s1. The first-order chi connectivity index (χ1) is 11.1. The topological polar surface area (TPSA) is 51.7 Å². The Morgan fingerprint density at radius 3 is 3.00 bits per heavy atom. The lowest BCUT2D eigenvalue weighted by Gasteiger charge is -2.39. The van der Waals surface area contributed by atoms with Gasteiger partial charge in [0, 0.05) is 23.8 Å². The van der Waals surface area contributed by atoms with Gasteiger partial charge in [-0.25, -0.2) is 4.79 Å². The van der Waals surface area contributed by atoms with Crippen molar-refractivity contribution < 1.29 is 14.3 Å². The molecule has 1 fully saturated rings. The van der Waals surface area contributed by atoms with E-state index in [-0.39, 0.29) is 18.1 Å². The van der Waals surface area contributed by atoms with Gasteiger partial charge in [0.1, 0.15) is 0 Å². The monoisotopic (exact) mass is 314 g/mol. The number of aromatic nitrogens is 1. The van der Waals surface area contributed by atoms with Gasteiger partial charge in [-0.15, -0.1) is 0 Å². The van der Waals surface area contributed by atoms with E-state index in [2.05, 4.69) is 29.8 Å². The molecular weight excluding hydrogens is 292 g/mol. The van der Waals surface area contributed by atoms with Crippen LogP contribution >= 0.6 is 0 Å². The molecule has 1 saturated heterocycles. The Kier molecular flexibility index (Phi) is 4.48. The van der Waals surface area contributed by atoms with Crippen molar-refractivity contribution in [2.75, 3.05) is 24.7 Å². The summed E-state index contributed by atoms with van der Waals surface area (Å²) in [5, 5.41) is 0.829. The minimum Gasteiger partial charge on any atom is -0.462 e. The SMILES string of the molecule is CCOC(=O)c1ccnc2ccc(N3CCO[C@@H](C)[C@@H]3C)cc12. The van der Waals surface area contributed by atoms with Crippen LogP contribution in [-0.4, -0.2) is 42.9 Å². The number of rotatable bonds is 3. The van der Waals surface area contributed by atoms with Gasteiger partial charge in [0.05, 0.1) is 36.4 Å². The Bertz CT molecular complexity index is 716. The minimum absolute atomic E-state index is 0.179. The van der Waals surface area contributed by atoms with Gasteiger partial charge in [-0.3, -0.25) is 4.98 Å². The van der Waals surface area contributed by atoms with Gasteiger partial charge >= 0.3 is 5.97 Å². The molecule has 5 nitrogen and oxygen atoms in total. The average Bonchev–Trinajstić information content (AvgIpc) is 2.56. The number of esters is 1. The van der Waals surface area contributed by atoms with Crippen LogP contribution in [0.4, 0.5) is 5.69 Å². The number of hydrogen-bond donors (Lipinski definition) is 0. The second-order valence-corrected chi connectivity index (χ2v) is 5.79. The zero-order valence-electron chi connectivity index (χ0n) is 13.8. The molecule has 0 amide bonds. The number of carbonyl (C=O) groups excluding carboxylic acids is 1. The molecule has 2 atom stereocenters. The fraction of sp³-hybridized carbons (Fsp3) is 0.444. The highest BCUT2D eigenvalue weighted by atomic mass is 16.5. The van der Waals surface area contributed by atoms with E-state index in [0.717, 1.165) is 23.1 Å². The first-order valence-electron chi connectivity index (χ1n) is 8.06. The summed E-state index contributed by atoms with van der Waals surface area (Å²) in [5.74, 6) is -0.305. The van der Waals surface area contributed by atoms with E-state index in [9.17, 15) is 4.79 Å². The maximum absolute atomic E-state index is 12.2. The summed E-state index contributed by atoms with van der Waals surface area (Å²) in [6.07, 6.45) is 1.83. The van der Waals surface area contributed by atoms with Crippen LogP contribution in [0.3, 0.4) is 0 Å². The number of pyridine rings is 1. The first kappa shape index (κ1) is 15.7. The second kappa shape index (κ2) is 6.54. The molecule has 1 aromatic carbocycles. The molecular formula is C18H22N2O3. The van der Waals surface area contributed by atoms with Crippen molar-refractivity contribution in [3.05, 3.63) is 36.0 Å². The van der Waals surface area contributed by atoms with Crippen molar-refractivity contribution in [3.8, 4) is 0 Å². The quantitative estimate of drug-likeness (QED) is 0.815. The molecule has 2 heterocycles. The van der Waals surface area contributed by atoms with Crippen molar-refractivity contribution in [1.82, 2.24) is 4.98 Å². The Morgan fingerprint density at radius 2 is 2.22 bits per heavy atom. The van der Waals surface area contributed by atoms with Gasteiger partial charge in [-0.05, 0) is 45.0 Å². The molecule has 122 valence electrons. The Labute approximate surface area is 136 Å². The summed E-state index contributed by atoms with van der Waals surface area (Å²) in [6, 6.07) is 8.04. The molecule has 23 heavy (non-hydrogen) atoms. The average molecular weight is 314 g/mol. The molecule has 1 aliphatic heterocycles. The van der Waals surface area contributed by atoms with Crippen molar-refractivity contribution in [3.63, 3.8) is 0 Å². The summed E-state index contributed by atoms with van der Waals surface area (Å²) < 4.78 is 10.9. The number of benzene rings is 1. The highest BCUT2D eigenvalue weighted by Gasteiger charge is 2.26. The third kappa shape index (κ3) is 3.01. The van der Waals surface area contributed by atoms with Crippen LogP contribution in [0.1, 0.15) is 31.1 Å². The molecule has 0 N–H and O–H groups in total. The third-order valence-electron chi connectivity index (χ3n) is 4.44. The number of hydrogen-bond acceptors (Lipinski definition) is 5. The minimum atomic E-state index is -0.305. The fourth-order valence-corrected chi connectivity index (χ4v) is 3.00. The molecule has 3 rings (SSSR count). The molecule has 0 aliphatic carbocycles. The van der Waals surface area contributed by atoms with Gasteiger partial charge < -0.3 is 14.4 Å². The van der Waals surface area contributed by atoms with Crippen molar-refractivity contribution >= 4 is 22.6 Å². The maximum atomic E-state index is 12.2. The lowest BCUT2D eigenvalue weighted by Crippen LogP contribution is -2.48. The highest BCUT2D eigenvalue weighted by Crippen LogP contribution is 2.28. The summed E-state index contributed by atoms with van der Waals surface area (Å²) in [4.78, 5) is 18.8. The van der Waals surface area contributed by atoms with E-state index < -0.39 is 0 Å². The number of fused-ring (bicyclic) bond motifs is 1. The first-order valence-corrected chi connectivity index (χ1v) is 8.06.